The van der Waals surface area contributed by atoms with Crippen molar-refractivity contribution in [3.05, 3.63) is 65.7 Å². The van der Waals surface area contributed by atoms with Gasteiger partial charge in [0, 0.05) is 5.69 Å². The Morgan fingerprint density at radius 2 is 1.52 bits per heavy atom. The lowest BCUT2D eigenvalue weighted by atomic mass is 9.87. The fourth-order valence-electron chi connectivity index (χ4n) is 2.81. The fourth-order valence-corrected chi connectivity index (χ4v) is 2.81. The monoisotopic (exact) mass is 279 g/mol. The van der Waals surface area contributed by atoms with Crippen molar-refractivity contribution in [2.45, 2.75) is 45.1 Å². The number of nitrogens with one attached hydrogen (secondary N) is 1. The van der Waals surface area contributed by atoms with Gasteiger partial charge in [0.25, 0.3) is 0 Å². The predicted octanol–water partition coefficient (Wildman–Crippen LogP) is 5.55. The second-order valence-corrected chi connectivity index (χ2v) is 7.20. The Labute approximate surface area is 128 Å². The average Bonchev–Trinajstić information content (AvgIpc) is 3.30. The van der Waals surface area contributed by atoms with Crippen LogP contribution in [-0.2, 0) is 5.41 Å². The van der Waals surface area contributed by atoms with Gasteiger partial charge in [-0.05, 0) is 47.4 Å². The van der Waals surface area contributed by atoms with E-state index in [0.717, 1.165) is 5.92 Å². The second kappa shape index (κ2) is 5.55. The van der Waals surface area contributed by atoms with Gasteiger partial charge in [-0.1, -0.05) is 63.2 Å². The number of hydrogen-bond donors (Lipinski definition) is 1. The van der Waals surface area contributed by atoms with Gasteiger partial charge in [0.05, 0.1) is 6.04 Å². The maximum atomic E-state index is 3.74. The van der Waals surface area contributed by atoms with Gasteiger partial charge >= 0.3 is 0 Å². The molecule has 1 saturated carbocycles. The molecule has 0 saturated heterocycles. The van der Waals surface area contributed by atoms with Crippen LogP contribution in [-0.4, -0.2) is 0 Å². The molecule has 0 bridgehead atoms. The Morgan fingerprint density at radius 3 is 2.05 bits per heavy atom. The molecule has 1 N–H and O–H groups in total. The number of rotatable bonds is 4. The van der Waals surface area contributed by atoms with Crippen molar-refractivity contribution in [3.63, 3.8) is 0 Å². The van der Waals surface area contributed by atoms with E-state index in [1.807, 2.05) is 0 Å². The maximum Gasteiger partial charge on any atom is 0.0542 e. The molecule has 0 heterocycles. The van der Waals surface area contributed by atoms with Crippen LogP contribution in [0.25, 0.3) is 0 Å². The van der Waals surface area contributed by atoms with E-state index < -0.39 is 0 Å². The largest absolute Gasteiger partial charge is 0.378 e. The van der Waals surface area contributed by atoms with Gasteiger partial charge in [-0.2, -0.15) is 0 Å². The first kappa shape index (κ1) is 14.2. The van der Waals surface area contributed by atoms with Gasteiger partial charge in [0.2, 0.25) is 0 Å². The van der Waals surface area contributed by atoms with Crippen molar-refractivity contribution in [1.29, 1.82) is 0 Å². The molecule has 1 atom stereocenters. The van der Waals surface area contributed by atoms with Crippen molar-refractivity contribution < 1.29 is 0 Å². The van der Waals surface area contributed by atoms with Crippen LogP contribution in [0.5, 0.6) is 0 Å². The Morgan fingerprint density at radius 1 is 0.905 bits per heavy atom. The van der Waals surface area contributed by atoms with Crippen molar-refractivity contribution in [3.8, 4) is 0 Å². The zero-order chi connectivity index (χ0) is 14.9. The highest BCUT2D eigenvalue weighted by Gasteiger charge is 2.32. The summed E-state index contributed by atoms with van der Waals surface area (Å²) in [6, 6.07) is 20.2. The normalized spacial score (nSPS) is 16.5. The second-order valence-electron chi connectivity index (χ2n) is 7.20. The summed E-state index contributed by atoms with van der Waals surface area (Å²) in [7, 11) is 0. The summed E-state index contributed by atoms with van der Waals surface area (Å²) in [5.74, 6) is 0.787. The van der Waals surface area contributed by atoms with Crippen molar-refractivity contribution >= 4 is 5.69 Å². The van der Waals surface area contributed by atoms with Gasteiger partial charge in [0.1, 0.15) is 0 Å². The van der Waals surface area contributed by atoms with Gasteiger partial charge in [0.15, 0.2) is 0 Å². The Bertz CT molecular complexity index is 573. The average molecular weight is 279 g/mol. The summed E-state index contributed by atoms with van der Waals surface area (Å²) in [4.78, 5) is 0. The minimum absolute atomic E-state index is 0.216. The summed E-state index contributed by atoms with van der Waals surface area (Å²) in [6.07, 6.45) is 2.68. The molecule has 0 amide bonds. The maximum absolute atomic E-state index is 3.74. The van der Waals surface area contributed by atoms with Crippen molar-refractivity contribution in [1.82, 2.24) is 0 Å². The lowest BCUT2D eigenvalue weighted by molar-refractivity contribution is 0.590. The van der Waals surface area contributed by atoms with Crippen LogP contribution in [0, 0.1) is 5.92 Å². The third-order valence-corrected chi connectivity index (χ3v) is 4.33. The summed E-state index contributed by atoms with van der Waals surface area (Å²) in [5.41, 5.74) is 4.23. The van der Waals surface area contributed by atoms with Gasteiger partial charge in [-0.3, -0.25) is 0 Å². The first-order valence-electron chi connectivity index (χ1n) is 7.96. The van der Waals surface area contributed by atoms with Crippen LogP contribution in [0.1, 0.15) is 50.8 Å². The smallest absolute Gasteiger partial charge is 0.0542 e. The van der Waals surface area contributed by atoms with E-state index in [4.69, 9.17) is 0 Å². The highest BCUT2D eigenvalue weighted by atomic mass is 14.9. The molecule has 21 heavy (non-hydrogen) atoms. The van der Waals surface area contributed by atoms with E-state index in [1.54, 1.807) is 0 Å². The highest BCUT2D eigenvalue weighted by molar-refractivity contribution is 5.48. The van der Waals surface area contributed by atoms with Crippen LogP contribution in [0.4, 0.5) is 5.69 Å². The topological polar surface area (TPSA) is 12.0 Å². The number of benzene rings is 2. The number of anilines is 1. The van der Waals surface area contributed by atoms with Crippen molar-refractivity contribution in [2.24, 2.45) is 5.92 Å². The molecular formula is C20H25N. The predicted molar refractivity (Wildman–Crippen MR) is 90.7 cm³/mol. The molecule has 1 nitrogen and oxygen atoms in total. The molecule has 1 fully saturated rings. The molecule has 0 spiro atoms. The molecule has 3 rings (SSSR count). The third-order valence-electron chi connectivity index (χ3n) is 4.33. The zero-order valence-corrected chi connectivity index (χ0v) is 13.3. The first-order valence-corrected chi connectivity index (χ1v) is 7.96. The van der Waals surface area contributed by atoms with Crippen LogP contribution in [0.2, 0.25) is 0 Å². The van der Waals surface area contributed by atoms with Gasteiger partial charge < -0.3 is 5.32 Å². The minimum Gasteiger partial charge on any atom is -0.378 e. The first-order chi connectivity index (χ1) is 10.0. The lowest BCUT2D eigenvalue weighted by Gasteiger charge is -2.22. The molecule has 2 aromatic rings. The van der Waals surface area contributed by atoms with E-state index in [9.17, 15) is 0 Å². The molecule has 1 heteroatoms. The minimum atomic E-state index is 0.216. The molecule has 1 aliphatic carbocycles. The molecule has 0 radical (unpaired) electrons. The van der Waals surface area contributed by atoms with E-state index in [1.165, 1.54) is 29.7 Å². The molecule has 0 aliphatic heterocycles. The van der Waals surface area contributed by atoms with E-state index in [0.29, 0.717) is 6.04 Å². The summed E-state index contributed by atoms with van der Waals surface area (Å²) in [5, 5.41) is 3.74. The van der Waals surface area contributed by atoms with Gasteiger partial charge in [-0.25, -0.2) is 0 Å². The molecular weight excluding hydrogens is 254 g/mol. The third kappa shape index (κ3) is 3.47. The summed E-state index contributed by atoms with van der Waals surface area (Å²) >= 11 is 0. The standard InChI is InChI=1S/C20H25N/c1-20(2,3)17-11-13-18(14-12-17)21-19(16-9-10-16)15-7-5-4-6-8-15/h4-8,11-14,16,19,21H,9-10H2,1-3H3. The van der Waals surface area contributed by atoms with E-state index >= 15 is 0 Å². The SMILES string of the molecule is CC(C)(C)c1ccc(NC(c2ccccc2)C2CC2)cc1. The molecule has 110 valence electrons. The highest BCUT2D eigenvalue weighted by Crippen LogP contribution is 2.42. The Kier molecular flexibility index (Phi) is 3.75. The molecule has 2 aromatic carbocycles. The molecule has 1 aliphatic rings. The van der Waals surface area contributed by atoms with Crippen LogP contribution >= 0.6 is 0 Å². The lowest BCUT2D eigenvalue weighted by Crippen LogP contribution is -2.14. The quantitative estimate of drug-likeness (QED) is 0.774. The number of hydrogen-bond acceptors (Lipinski definition) is 1. The Balaban J connectivity index is 1.78. The van der Waals surface area contributed by atoms with Gasteiger partial charge in [-0.15, -0.1) is 0 Å². The fraction of sp³-hybridized carbons (Fsp3) is 0.400. The Hall–Kier alpha value is -1.76. The van der Waals surface area contributed by atoms with E-state index in [2.05, 4.69) is 80.7 Å². The van der Waals surface area contributed by atoms with Crippen LogP contribution in [0.3, 0.4) is 0 Å². The summed E-state index contributed by atoms with van der Waals surface area (Å²) < 4.78 is 0. The van der Waals surface area contributed by atoms with Crippen LogP contribution in [0.15, 0.2) is 54.6 Å². The van der Waals surface area contributed by atoms with Crippen molar-refractivity contribution in [2.75, 3.05) is 5.32 Å². The molecule has 1 unspecified atom stereocenters. The molecule has 0 aromatic heterocycles. The summed E-state index contributed by atoms with van der Waals surface area (Å²) in [6.45, 7) is 6.77. The zero-order valence-electron chi connectivity index (χ0n) is 13.3. The van der Waals surface area contributed by atoms with E-state index in [-0.39, 0.29) is 5.41 Å². The van der Waals surface area contributed by atoms with Crippen LogP contribution < -0.4 is 5.32 Å².